The predicted molar refractivity (Wildman–Crippen MR) is 68.2 cm³/mol. The van der Waals surface area contributed by atoms with Gasteiger partial charge in [-0.3, -0.25) is 0 Å². The molecular weight excluding hydrogens is 307 g/mol. The summed E-state index contributed by atoms with van der Waals surface area (Å²) in [6.07, 6.45) is -4.27. The molecule has 1 aromatic carbocycles. The van der Waals surface area contributed by atoms with Crippen molar-refractivity contribution in [2.75, 3.05) is 0 Å². The van der Waals surface area contributed by atoms with Crippen LogP contribution in [0, 0.1) is 11.8 Å². The van der Waals surface area contributed by atoms with E-state index in [0.717, 1.165) is 9.86 Å². The fraction of sp³-hybridized carbons (Fsp3) is 0.231. The fourth-order valence-electron chi connectivity index (χ4n) is 1.83. The van der Waals surface area contributed by atoms with E-state index < -0.39 is 12.7 Å². The van der Waals surface area contributed by atoms with Gasteiger partial charge in [0.2, 0.25) is 0 Å². The first kappa shape index (κ1) is 13.0. The van der Waals surface area contributed by atoms with Crippen molar-refractivity contribution < 1.29 is 13.2 Å². The van der Waals surface area contributed by atoms with Crippen LogP contribution in [-0.4, -0.2) is 10.7 Å². The number of rotatable bonds is 1. The molecule has 5 heteroatoms. The van der Waals surface area contributed by atoms with Crippen molar-refractivity contribution >= 4 is 26.8 Å². The van der Waals surface area contributed by atoms with E-state index in [1.54, 1.807) is 31.2 Å². The summed E-state index contributed by atoms with van der Waals surface area (Å²) in [5.41, 5.74) is 0.899. The molecule has 0 aliphatic carbocycles. The van der Waals surface area contributed by atoms with Gasteiger partial charge in [0.25, 0.3) is 0 Å². The number of hydrogen-bond donors (Lipinski definition) is 0. The van der Waals surface area contributed by atoms with Gasteiger partial charge in [0.05, 0.1) is 11.2 Å². The Morgan fingerprint density at radius 1 is 1.33 bits per heavy atom. The van der Waals surface area contributed by atoms with Crippen LogP contribution < -0.4 is 0 Å². The first-order valence-electron chi connectivity index (χ1n) is 5.19. The minimum Gasteiger partial charge on any atom is -0.325 e. The van der Waals surface area contributed by atoms with E-state index in [0.29, 0.717) is 11.2 Å². The third kappa shape index (κ3) is 2.54. The summed E-state index contributed by atoms with van der Waals surface area (Å²) >= 11 is 3.33. The average molecular weight is 316 g/mol. The monoisotopic (exact) mass is 315 g/mol. The molecule has 1 nitrogen and oxygen atoms in total. The molecule has 0 saturated heterocycles. The van der Waals surface area contributed by atoms with E-state index >= 15 is 0 Å². The van der Waals surface area contributed by atoms with Gasteiger partial charge in [0.15, 0.2) is 0 Å². The zero-order chi connectivity index (χ0) is 13.3. The summed E-state index contributed by atoms with van der Waals surface area (Å²) in [6.45, 7) is 0.571. The van der Waals surface area contributed by atoms with Crippen LogP contribution in [0.5, 0.6) is 0 Å². The summed E-state index contributed by atoms with van der Waals surface area (Å²) < 4.78 is 39.7. The molecule has 0 spiro atoms. The Balaban J connectivity index is 2.69. The van der Waals surface area contributed by atoms with Gasteiger partial charge < -0.3 is 4.57 Å². The molecule has 0 bridgehead atoms. The molecule has 2 aromatic rings. The second-order valence-electron chi connectivity index (χ2n) is 3.78. The van der Waals surface area contributed by atoms with Gasteiger partial charge in [-0.2, -0.15) is 13.2 Å². The first-order chi connectivity index (χ1) is 8.42. The van der Waals surface area contributed by atoms with Crippen molar-refractivity contribution in [3.05, 3.63) is 34.4 Å². The summed E-state index contributed by atoms with van der Waals surface area (Å²) in [6, 6.07) is 6.83. The molecule has 1 heterocycles. The maximum atomic E-state index is 12.6. The second-order valence-corrected chi connectivity index (χ2v) is 4.63. The van der Waals surface area contributed by atoms with Gasteiger partial charge in [0, 0.05) is 9.86 Å². The highest BCUT2D eigenvalue weighted by molar-refractivity contribution is 9.10. The quantitative estimate of drug-likeness (QED) is 0.690. The van der Waals surface area contributed by atoms with Crippen molar-refractivity contribution in [2.24, 2.45) is 0 Å². The van der Waals surface area contributed by atoms with Gasteiger partial charge in [0.1, 0.15) is 6.54 Å². The van der Waals surface area contributed by atoms with E-state index in [-0.39, 0.29) is 0 Å². The second kappa shape index (κ2) is 4.69. The van der Waals surface area contributed by atoms with Crippen molar-refractivity contribution in [3.63, 3.8) is 0 Å². The third-order valence-electron chi connectivity index (χ3n) is 2.48. The molecule has 0 fully saturated rings. The number of alkyl halides is 3. The van der Waals surface area contributed by atoms with Crippen LogP contribution in [-0.2, 0) is 6.54 Å². The summed E-state index contributed by atoms with van der Waals surface area (Å²) in [7, 11) is 0. The number of aromatic nitrogens is 1. The number of hydrogen-bond acceptors (Lipinski definition) is 0. The van der Waals surface area contributed by atoms with Crippen LogP contribution >= 0.6 is 15.9 Å². The maximum Gasteiger partial charge on any atom is 0.406 e. The highest BCUT2D eigenvalue weighted by Crippen LogP contribution is 2.29. The zero-order valence-electron chi connectivity index (χ0n) is 9.48. The SMILES string of the molecule is CC#Cc1cc2c(Br)cccc2n1CC(F)(F)F. The largest absolute Gasteiger partial charge is 0.406 e. The van der Waals surface area contributed by atoms with Crippen LogP contribution in [0.15, 0.2) is 28.7 Å². The van der Waals surface area contributed by atoms with Crippen molar-refractivity contribution in [1.29, 1.82) is 0 Å². The lowest BCUT2D eigenvalue weighted by Gasteiger charge is -2.10. The van der Waals surface area contributed by atoms with E-state index in [2.05, 4.69) is 27.8 Å². The van der Waals surface area contributed by atoms with E-state index in [4.69, 9.17) is 0 Å². The molecule has 0 unspecified atom stereocenters. The molecule has 0 aliphatic heterocycles. The van der Waals surface area contributed by atoms with Crippen molar-refractivity contribution in [1.82, 2.24) is 4.57 Å². The fourth-order valence-corrected chi connectivity index (χ4v) is 2.30. The lowest BCUT2D eigenvalue weighted by atomic mass is 10.2. The van der Waals surface area contributed by atoms with E-state index in [9.17, 15) is 13.2 Å². The van der Waals surface area contributed by atoms with Gasteiger partial charge in [-0.25, -0.2) is 0 Å². The third-order valence-corrected chi connectivity index (χ3v) is 3.17. The Morgan fingerprint density at radius 2 is 2.06 bits per heavy atom. The summed E-state index contributed by atoms with van der Waals surface area (Å²) in [4.78, 5) is 0. The van der Waals surface area contributed by atoms with E-state index in [1.807, 2.05) is 0 Å². The Kier molecular flexibility index (Phi) is 3.40. The number of halogens is 4. The number of nitrogens with zero attached hydrogens (tertiary/aromatic N) is 1. The molecule has 0 aliphatic rings. The van der Waals surface area contributed by atoms with Crippen LogP contribution in [0.1, 0.15) is 12.6 Å². The van der Waals surface area contributed by atoms with Gasteiger partial charge in [-0.05, 0) is 31.0 Å². The molecule has 0 saturated carbocycles. The Bertz CT molecular complexity index is 644. The molecule has 0 N–H and O–H groups in total. The molecule has 0 atom stereocenters. The number of fused-ring (bicyclic) bond motifs is 1. The minimum atomic E-state index is -4.27. The average Bonchev–Trinajstić information content (AvgIpc) is 2.58. The van der Waals surface area contributed by atoms with Crippen molar-refractivity contribution in [2.45, 2.75) is 19.6 Å². The van der Waals surface area contributed by atoms with Crippen LogP contribution in [0.3, 0.4) is 0 Å². The maximum absolute atomic E-state index is 12.6. The first-order valence-corrected chi connectivity index (χ1v) is 5.99. The van der Waals surface area contributed by atoms with Crippen molar-refractivity contribution in [3.8, 4) is 11.8 Å². The van der Waals surface area contributed by atoms with Crippen LogP contribution in [0.25, 0.3) is 10.9 Å². The Labute approximate surface area is 111 Å². The lowest BCUT2D eigenvalue weighted by molar-refractivity contribution is -0.140. The Morgan fingerprint density at radius 3 is 2.67 bits per heavy atom. The van der Waals surface area contributed by atoms with Gasteiger partial charge in [-0.15, -0.1) is 0 Å². The molecule has 2 rings (SSSR count). The summed E-state index contributed by atoms with van der Waals surface area (Å²) in [5, 5.41) is 0.736. The summed E-state index contributed by atoms with van der Waals surface area (Å²) in [5.74, 6) is 5.34. The normalized spacial score (nSPS) is 11.4. The van der Waals surface area contributed by atoms with Gasteiger partial charge in [-0.1, -0.05) is 27.9 Å². The number of benzene rings is 1. The predicted octanol–water partition coefficient (Wildman–Crippen LogP) is 4.34. The lowest BCUT2D eigenvalue weighted by Crippen LogP contribution is -2.18. The highest BCUT2D eigenvalue weighted by atomic mass is 79.9. The minimum absolute atomic E-state index is 0.372. The van der Waals surface area contributed by atoms with Crippen LogP contribution in [0.2, 0.25) is 0 Å². The molecule has 1 aromatic heterocycles. The highest BCUT2D eigenvalue weighted by Gasteiger charge is 2.29. The molecular formula is C13H9BrF3N. The Hall–Kier alpha value is -1.41. The molecule has 0 amide bonds. The topological polar surface area (TPSA) is 4.93 Å². The smallest absolute Gasteiger partial charge is 0.325 e. The van der Waals surface area contributed by atoms with Gasteiger partial charge >= 0.3 is 6.18 Å². The molecule has 94 valence electrons. The van der Waals surface area contributed by atoms with Crippen LogP contribution in [0.4, 0.5) is 13.2 Å². The standard InChI is InChI=1S/C13H9BrF3N/c1-2-4-9-7-10-11(14)5-3-6-12(10)18(9)8-13(15,16)17/h3,5-7H,8H2,1H3. The molecule has 0 radical (unpaired) electrons. The molecule has 18 heavy (non-hydrogen) atoms. The van der Waals surface area contributed by atoms with E-state index in [1.165, 1.54) is 4.57 Å². The zero-order valence-corrected chi connectivity index (χ0v) is 11.1.